The van der Waals surface area contributed by atoms with Gasteiger partial charge >= 0.3 is 0 Å². The molecule has 0 aromatic heterocycles. The van der Waals surface area contributed by atoms with Crippen LogP contribution in [-0.2, 0) is 0 Å². The molecule has 2 heterocycles. The summed E-state index contributed by atoms with van der Waals surface area (Å²) in [5.74, 6) is -0.692. The molecule has 0 aliphatic carbocycles. The van der Waals surface area contributed by atoms with Crippen LogP contribution in [0, 0.1) is 0 Å². The first-order chi connectivity index (χ1) is 14.4. The highest BCUT2D eigenvalue weighted by molar-refractivity contribution is 6.00. The summed E-state index contributed by atoms with van der Waals surface area (Å²) in [6.07, 6.45) is 3.54. The van der Waals surface area contributed by atoms with Crippen LogP contribution in [0.1, 0.15) is 125 Å². The molecule has 6 heteroatoms. The van der Waals surface area contributed by atoms with Gasteiger partial charge in [-0.3, -0.25) is 9.59 Å². The third kappa shape index (κ3) is 5.34. The molecule has 0 atom stereocenters. The second-order valence-corrected chi connectivity index (χ2v) is 12.8. The van der Waals surface area contributed by atoms with Crippen molar-refractivity contribution in [2.24, 2.45) is 11.5 Å². The van der Waals surface area contributed by atoms with Crippen molar-refractivity contribution >= 4 is 11.8 Å². The summed E-state index contributed by atoms with van der Waals surface area (Å²) in [5.41, 5.74) is 14.1. The molecule has 0 radical (unpaired) electrons. The second-order valence-electron chi connectivity index (χ2n) is 12.8. The highest BCUT2D eigenvalue weighted by Gasteiger charge is 2.42. The number of hydrogen-bond acceptors (Lipinski definition) is 4. The number of nitrogens with two attached hydrogens (primary N) is 2. The van der Waals surface area contributed by atoms with Crippen molar-refractivity contribution in [3.63, 3.8) is 0 Å². The lowest BCUT2D eigenvalue weighted by molar-refractivity contribution is 0.0994. The molecule has 0 bridgehead atoms. The van der Waals surface area contributed by atoms with Gasteiger partial charge in [-0.15, -0.1) is 0 Å². The van der Waals surface area contributed by atoms with Gasteiger partial charge in [0.25, 0.3) is 0 Å². The Hall–Kier alpha value is -1.92. The van der Waals surface area contributed by atoms with E-state index >= 15 is 0 Å². The van der Waals surface area contributed by atoms with E-state index in [4.69, 9.17) is 11.5 Å². The molecule has 32 heavy (non-hydrogen) atoms. The molecule has 2 saturated heterocycles. The van der Waals surface area contributed by atoms with Crippen LogP contribution in [0.15, 0.2) is 12.1 Å². The molecule has 2 aliphatic rings. The summed E-state index contributed by atoms with van der Waals surface area (Å²) >= 11 is 0. The SMILES string of the molecule is CC1(C)CC(c2cc(C3CC(C)(C)NC(C)(C)C3)c(C(N)=O)cc2C(N)=O)CC(C)(C)N1. The number of carbonyl (C=O) groups excluding carboxylic acids is 2. The Morgan fingerprint density at radius 1 is 0.656 bits per heavy atom. The molecule has 1 aromatic carbocycles. The molecule has 0 spiro atoms. The number of benzene rings is 1. The van der Waals surface area contributed by atoms with Gasteiger partial charge in [0.1, 0.15) is 0 Å². The minimum Gasteiger partial charge on any atom is -0.366 e. The number of primary amides is 2. The number of carbonyl (C=O) groups is 2. The zero-order valence-corrected chi connectivity index (χ0v) is 21.1. The molecule has 3 rings (SSSR count). The highest BCUT2D eigenvalue weighted by atomic mass is 16.1. The molecule has 0 saturated carbocycles. The van der Waals surface area contributed by atoms with Crippen molar-refractivity contribution in [1.29, 1.82) is 0 Å². The van der Waals surface area contributed by atoms with Crippen LogP contribution < -0.4 is 22.1 Å². The average Bonchev–Trinajstić information content (AvgIpc) is 2.54. The Kier molecular flexibility index (Phi) is 6.06. The lowest BCUT2D eigenvalue weighted by Gasteiger charge is -2.48. The average molecular weight is 443 g/mol. The number of rotatable bonds is 4. The van der Waals surface area contributed by atoms with Crippen LogP contribution in [0.2, 0.25) is 0 Å². The number of nitrogens with one attached hydrogen (secondary N) is 2. The van der Waals surface area contributed by atoms with Crippen molar-refractivity contribution in [2.45, 2.75) is 115 Å². The van der Waals surface area contributed by atoms with Gasteiger partial charge < -0.3 is 22.1 Å². The number of hydrogen-bond donors (Lipinski definition) is 4. The third-order valence-corrected chi connectivity index (χ3v) is 7.01. The van der Waals surface area contributed by atoms with Crippen LogP contribution in [0.25, 0.3) is 0 Å². The normalized spacial score (nSPS) is 24.8. The Bertz CT molecular complexity index is 827. The first-order valence-corrected chi connectivity index (χ1v) is 11.8. The quantitative estimate of drug-likeness (QED) is 0.566. The molecule has 2 fully saturated rings. The Morgan fingerprint density at radius 2 is 0.938 bits per heavy atom. The fourth-order valence-corrected chi connectivity index (χ4v) is 6.82. The molecular weight excluding hydrogens is 400 g/mol. The largest absolute Gasteiger partial charge is 0.366 e. The summed E-state index contributed by atoms with van der Waals surface area (Å²) in [4.78, 5) is 25.0. The minimum absolute atomic E-state index is 0.0808. The highest BCUT2D eigenvalue weighted by Crippen LogP contribution is 2.45. The molecule has 0 unspecified atom stereocenters. The van der Waals surface area contributed by atoms with Gasteiger partial charge in [0, 0.05) is 33.3 Å². The molecule has 6 nitrogen and oxygen atoms in total. The van der Waals surface area contributed by atoms with Crippen molar-refractivity contribution < 1.29 is 9.59 Å². The number of amides is 2. The van der Waals surface area contributed by atoms with Gasteiger partial charge in [0.2, 0.25) is 11.8 Å². The lowest BCUT2D eigenvalue weighted by atomic mass is 9.69. The topological polar surface area (TPSA) is 110 Å². The summed E-state index contributed by atoms with van der Waals surface area (Å²) in [6.45, 7) is 17.6. The standard InChI is InChI=1S/C26H42N4O2/c1-23(2)11-15(12-24(3,4)29-23)17-9-18(20(22(28)32)10-19(17)21(27)31)16-13-25(5,6)30-26(7,8)14-16/h9-10,15-16,29-30H,11-14H2,1-8H3,(H2,27,31)(H2,28,32). The lowest BCUT2D eigenvalue weighted by Crippen LogP contribution is -2.57. The maximum atomic E-state index is 12.5. The van der Waals surface area contributed by atoms with E-state index in [0.29, 0.717) is 11.1 Å². The zero-order chi connectivity index (χ0) is 24.3. The van der Waals surface area contributed by atoms with E-state index in [2.05, 4.69) is 72.1 Å². The number of piperidine rings is 2. The van der Waals surface area contributed by atoms with Crippen LogP contribution in [0.4, 0.5) is 0 Å². The van der Waals surface area contributed by atoms with Crippen molar-refractivity contribution in [1.82, 2.24) is 10.6 Å². The molecule has 6 N–H and O–H groups in total. The predicted octanol–water partition coefficient (Wildman–Crippen LogP) is 3.93. The van der Waals surface area contributed by atoms with E-state index in [1.54, 1.807) is 6.07 Å². The third-order valence-electron chi connectivity index (χ3n) is 7.01. The van der Waals surface area contributed by atoms with Gasteiger partial charge in [-0.25, -0.2) is 0 Å². The maximum Gasteiger partial charge on any atom is 0.249 e. The monoisotopic (exact) mass is 442 g/mol. The van der Waals surface area contributed by atoms with E-state index < -0.39 is 11.8 Å². The van der Waals surface area contributed by atoms with Crippen LogP contribution in [0.3, 0.4) is 0 Å². The predicted molar refractivity (Wildman–Crippen MR) is 130 cm³/mol. The van der Waals surface area contributed by atoms with E-state index in [1.807, 2.05) is 0 Å². The van der Waals surface area contributed by atoms with Gasteiger partial charge in [0.15, 0.2) is 0 Å². The Morgan fingerprint density at radius 3 is 1.19 bits per heavy atom. The fraction of sp³-hybridized carbons (Fsp3) is 0.692. The maximum absolute atomic E-state index is 12.5. The Balaban J connectivity index is 2.18. The molecule has 1 aromatic rings. The summed E-state index contributed by atoms with van der Waals surface area (Å²) in [6, 6.07) is 3.75. The first-order valence-electron chi connectivity index (χ1n) is 11.8. The van der Waals surface area contributed by atoms with Gasteiger partial charge in [-0.2, -0.15) is 0 Å². The molecule has 2 amide bonds. The van der Waals surface area contributed by atoms with Gasteiger partial charge in [-0.05, 0) is 110 Å². The molecule has 178 valence electrons. The fourth-order valence-electron chi connectivity index (χ4n) is 6.82. The van der Waals surface area contributed by atoms with Crippen LogP contribution in [0.5, 0.6) is 0 Å². The summed E-state index contributed by atoms with van der Waals surface area (Å²) < 4.78 is 0. The Labute approximate surface area is 193 Å². The van der Waals surface area contributed by atoms with E-state index in [1.165, 1.54) is 0 Å². The van der Waals surface area contributed by atoms with Crippen molar-refractivity contribution in [3.8, 4) is 0 Å². The zero-order valence-electron chi connectivity index (χ0n) is 21.1. The van der Waals surface area contributed by atoms with E-state index in [9.17, 15) is 9.59 Å². The molecule has 2 aliphatic heterocycles. The van der Waals surface area contributed by atoms with Crippen LogP contribution >= 0.6 is 0 Å². The molecular formula is C26H42N4O2. The van der Waals surface area contributed by atoms with E-state index in [-0.39, 0.29) is 34.0 Å². The second kappa shape index (κ2) is 7.84. The minimum atomic E-state index is -0.505. The summed E-state index contributed by atoms with van der Waals surface area (Å²) in [7, 11) is 0. The van der Waals surface area contributed by atoms with E-state index in [0.717, 1.165) is 36.8 Å². The van der Waals surface area contributed by atoms with Gasteiger partial charge in [0.05, 0.1) is 0 Å². The first kappa shape index (κ1) is 24.7. The van der Waals surface area contributed by atoms with Gasteiger partial charge in [-0.1, -0.05) is 6.07 Å². The summed E-state index contributed by atoms with van der Waals surface area (Å²) in [5, 5.41) is 7.42. The van der Waals surface area contributed by atoms with Crippen LogP contribution in [-0.4, -0.2) is 34.0 Å². The van der Waals surface area contributed by atoms with Crippen molar-refractivity contribution in [3.05, 3.63) is 34.4 Å². The smallest absolute Gasteiger partial charge is 0.249 e. The van der Waals surface area contributed by atoms with Crippen molar-refractivity contribution in [2.75, 3.05) is 0 Å².